The van der Waals surface area contributed by atoms with Gasteiger partial charge in [0, 0.05) is 29.0 Å². The third-order valence-corrected chi connectivity index (χ3v) is 6.87. The highest BCUT2D eigenvalue weighted by molar-refractivity contribution is 7.14. The molecule has 2 aliphatic rings. The van der Waals surface area contributed by atoms with Crippen molar-refractivity contribution in [2.24, 2.45) is 0 Å². The molecule has 0 radical (unpaired) electrons. The molecule has 1 aliphatic carbocycles. The molecule has 2 aromatic carbocycles. The van der Waals surface area contributed by atoms with Crippen LogP contribution >= 0.6 is 11.3 Å². The Balaban J connectivity index is 1.19. The fraction of sp³-hybridized carbons (Fsp3) is 0.308. The van der Waals surface area contributed by atoms with Gasteiger partial charge in [-0.25, -0.2) is 9.78 Å². The van der Waals surface area contributed by atoms with Gasteiger partial charge in [0.25, 0.3) is 5.91 Å². The molecule has 0 spiro atoms. The summed E-state index contributed by atoms with van der Waals surface area (Å²) in [6.07, 6.45) is 0.718. The highest BCUT2D eigenvalue weighted by Gasteiger charge is 2.40. The fourth-order valence-electron chi connectivity index (χ4n) is 4.01. The maximum Gasteiger partial charge on any atom is 0.410 e. The molecule has 1 aromatic heterocycles. The van der Waals surface area contributed by atoms with Gasteiger partial charge in [0.2, 0.25) is 5.91 Å². The Labute approximate surface area is 212 Å². The molecule has 0 unspecified atom stereocenters. The first-order chi connectivity index (χ1) is 17.5. The van der Waals surface area contributed by atoms with Gasteiger partial charge in [0.15, 0.2) is 5.13 Å². The van der Waals surface area contributed by atoms with Gasteiger partial charge in [-0.15, -0.1) is 11.3 Å². The number of thiazole rings is 1. The number of amides is 3. The number of aromatic nitrogens is 1. The average Bonchev–Trinajstić information content (AvgIpc) is 3.43. The third-order valence-electron chi connectivity index (χ3n) is 6.11. The molecular weight excluding hydrogens is 480 g/mol. The van der Waals surface area contributed by atoms with Gasteiger partial charge in [-0.1, -0.05) is 42.5 Å². The van der Waals surface area contributed by atoms with Crippen molar-refractivity contribution in [1.82, 2.24) is 15.2 Å². The van der Waals surface area contributed by atoms with Crippen molar-refractivity contribution in [2.45, 2.75) is 44.1 Å². The number of carbonyl (C=O) groups is 3. The number of carbonyl (C=O) groups excluding carboxylic acids is 3. The van der Waals surface area contributed by atoms with Gasteiger partial charge in [-0.05, 0) is 30.5 Å². The maximum atomic E-state index is 13.0. The number of hydrogen-bond acceptors (Lipinski definition) is 7. The third kappa shape index (κ3) is 5.72. The molecule has 10 heteroatoms. The summed E-state index contributed by atoms with van der Waals surface area (Å²) in [7, 11) is 0. The van der Waals surface area contributed by atoms with E-state index in [1.54, 1.807) is 12.1 Å². The summed E-state index contributed by atoms with van der Waals surface area (Å²) in [4.78, 5) is 43.5. The van der Waals surface area contributed by atoms with Crippen LogP contribution in [0.25, 0.3) is 11.3 Å². The minimum absolute atomic E-state index is 0.0233. The van der Waals surface area contributed by atoms with E-state index in [1.807, 2.05) is 47.8 Å². The SMILES string of the molecule is O=C(NC1CC1)c1ccc(-c2csc(NC(=O)[C@@H]3C[C@@H](O)CN3C(=O)OCc3ccccc3)n2)cc1. The molecular formula is C26H26N4O5S. The zero-order valence-electron chi connectivity index (χ0n) is 19.4. The first-order valence-electron chi connectivity index (χ1n) is 11.8. The quantitative estimate of drug-likeness (QED) is 0.452. The zero-order valence-corrected chi connectivity index (χ0v) is 20.2. The average molecular weight is 507 g/mol. The molecule has 3 amide bonds. The van der Waals surface area contributed by atoms with Gasteiger partial charge in [-0.2, -0.15) is 0 Å². The Morgan fingerprint density at radius 3 is 2.56 bits per heavy atom. The molecule has 3 aromatic rings. The van der Waals surface area contributed by atoms with Gasteiger partial charge in [0.1, 0.15) is 12.6 Å². The Hall–Kier alpha value is -3.76. The molecule has 186 valence electrons. The van der Waals surface area contributed by atoms with Gasteiger partial charge >= 0.3 is 6.09 Å². The maximum absolute atomic E-state index is 13.0. The van der Waals surface area contributed by atoms with Crippen LogP contribution in [0.4, 0.5) is 9.93 Å². The van der Waals surface area contributed by atoms with E-state index in [4.69, 9.17) is 4.74 Å². The Bertz CT molecular complexity index is 1240. The zero-order chi connectivity index (χ0) is 25.1. The van der Waals surface area contributed by atoms with Crippen LogP contribution in [0.2, 0.25) is 0 Å². The molecule has 36 heavy (non-hydrogen) atoms. The molecule has 1 saturated heterocycles. The minimum atomic E-state index is -0.861. The van der Waals surface area contributed by atoms with Crippen LogP contribution in [0.5, 0.6) is 0 Å². The number of anilines is 1. The second-order valence-electron chi connectivity index (χ2n) is 8.95. The number of nitrogens with one attached hydrogen (secondary N) is 2. The summed E-state index contributed by atoms with van der Waals surface area (Å²) in [5, 5.41) is 18.0. The number of rotatable bonds is 7. The van der Waals surface area contributed by atoms with Crippen molar-refractivity contribution in [3.63, 3.8) is 0 Å². The monoisotopic (exact) mass is 506 g/mol. The molecule has 2 atom stereocenters. The van der Waals surface area contributed by atoms with Crippen LogP contribution in [-0.4, -0.2) is 57.6 Å². The predicted molar refractivity (Wildman–Crippen MR) is 134 cm³/mol. The first-order valence-corrected chi connectivity index (χ1v) is 12.7. The number of benzene rings is 2. The normalized spacial score (nSPS) is 19.1. The second kappa shape index (κ2) is 10.5. The lowest BCUT2D eigenvalue weighted by atomic mass is 10.1. The first kappa shape index (κ1) is 24.0. The van der Waals surface area contributed by atoms with Gasteiger partial charge in [-0.3, -0.25) is 14.5 Å². The van der Waals surface area contributed by atoms with Crippen molar-refractivity contribution in [2.75, 3.05) is 11.9 Å². The molecule has 2 fully saturated rings. The molecule has 5 rings (SSSR count). The molecule has 2 heterocycles. The molecule has 1 saturated carbocycles. The van der Waals surface area contributed by atoms with Crippen molar-refractivity contribution in [3.8, 4) is 11.3 Å². The van der Waals surface area contributed by atoms with E-state index in [0.717, 1.165) is 24.0 Å². The van der Waals surface area contributed by atoms with E-state index in [1.165, 1.54) is 16.2 Å². The lowest BCUT2D eigenvalue weighted by Crippen LogP contribution is -2.43. The van der Waals surface area contributed by atoms with Gasteiger partial charge < -0.3 is 20.5 Å². The second-order valence-corrected chi connectivity index (χ2v) is 9.81. The number of nitrogens with zero attached hydrogens (tertiary/aromatic N) is 2. The Morgan fingerprint density at radius 1 is 1.08 bits per heavy atom. The summed E-state index contributed by atoms with van der Waals surface area (Å²) in [6, 6.07) is 15.8. The van der Waals surface area contributed by atoms with Crippen LogP contribution in [0.1, 0.15) is 35.2 Å². The Kier molecular flexibility index (Phi) is 6.97. The predicted octanol–water partition coefficient (Wildman–Crippen LogP) is 3.41. The molecule has 9 nitrogen and oxygen atoms in total. The van der Waals surface area contributed by atoms with E-state index < -0.39 is 24.1 Å². The number of ether oxygens (including phenoxy) is 1. The van der Waals surface area contributed by atoms with Crippen molar-refractivity contribution >= 4 is 34.4 Å². The summed E-state index contributed by atoms with van der Waals surface area (Å²) in [5.74, 6) is -0.517. The van der Waals surface area contributed by atoms with Crippen molar-refractivity contribution in [3.05, 3.63) is 71.1 Å². The smallest absolute Gasteiger partial charge is 0.410 e. The highest BCUT2D eigenvalue weighted by atomic mass is 32.1. The standard InChI is InChI=1S/C26H26N4O5S/c31-20-12-22(30(13-20)26(34)35-14-16-4-2-1-3-5-16)24(33)29-25-28-21(15-36-25)17-6-8-18(9-7-17)23(32)27-19-10-11-19/h1-9,15,19-20,22,31H,10-14H2,(H,27,32)(H,28,29,33)/t20-,22+/m1/s1. The summed E-state index contributed by atoms with van der Waals surface area (Å²) in [5.41, 5.74) is 2.90. The number of likely N-dealkylation sites (tertiary alicyclic amines) is 1. The largest absolute Gasteiger partial charge is 0.445 e. The Morgan fingerprint density at radius 2 is 1.83 bits per heavy atom. The van der Waals surface area contributed by atoms with Crippen LogP contribution in [0.15, 0.2) is 60.0 Å². The van der Waals surface area contributed by atoms with Crippen molar-refractivity contribution in [1.29, 1.82) is 0 Å². The molecule has 0 bridgehead atoms. The number of hydrogen-bond donors (Lipinski definition) is 3. The van der Waals surface area contributed by atoms with E-state index in [0.29, 0.717) is 22.4 Å². The summed E-state index contributed by atoms with van der Waals surface area (Å²) in [6.45, 7) is 0.104. The highest BCUT2D eigenvalue weighted by Crippen LogP contribution is 2.27. The molecule has 3 N–H and O–H groups in total. The van der Waals surface area contributed by atoms with Gasteiger partial charge in [0.05, 0.1) is 18.3 Å². The lowest BCUT2D eigenvalue weighted by molar-refractivity contribution is -0.120. The number of aliphatic hydroxyl groups is 1. The van der Waals surface area contributed by atoms with Crippen LogP contribution in [0, 0.1) is 0 Å². The van der Waals surface area contributed by atoms with Crippen molar-refractivity contribution < 1.29 is 24.2 Å². The fourth-order valence-corrected chi connectivity index (χ4v) is 4.73. The molecule has 1 aliphatic heterocycles. The van der Waals surface area contributed by atoms with Crippen LogP contribution < -0.4 is 10.6 Å². The number of β-amino-alcohol motifs (C(OH)–C–C–N with tert-alkyl or cyclic N) is 1. The van der Waals surface area contributed by atoms with E-state index in [9.17, 15) is 19.5 Å². The van der Waals surface area contributed by atoms with Crippen LogP contribution in [0.3, 0.4) is 0 Å². The van der Waals surface area contributed by atoms with Crippen LogP contribution in [-0.2, 0) is 16.1 Å². The summed E-state index contributed by atoms with van der Waals surface area (Å²) < 4.78 is 5.36. The summed E-state index contributed by atoms with van der Waals surface area (Å²) >= 11 is 1.26. The topological polar surface area (TPSA) is 121 Å². The number of aliphatic hydroxyl groups excluding tert-OH is 1. The lowest BCUT2D eigenvalue weighted by Gasteiger charge is -2.22. The minimum Gasteiger partial charge on any atom is -0.445 e. The van der Waals surface area contributed by atoms with E-state index >= 15 is 0 Å². The van der Waals surface area contributed by atoms with E-state index in [-0.39, 0.29) is 25.5 Å². The van der Waals surface area contributed by atoms with E-state index in [2.05, 4.69) is 15.6 Å².